The molecule has 29 heavy (non-hydrogen) atoms. The first kappa shape index (κ1) is 22.7. The van der Waals surface area contributed by atoms with Gasteiger partial charge in [0.1, 0.15) is 6.04 Å². The number of unbranched alkanes of at least 4 members (excludes halogenated alkanes) is 1. The minimum atomic E-state index is -0.640. The molecule has 2 N–H and O–H groups in total. The highest BCUT2D eigenvalue weighted by Crippen LogP contribution is 2.15. The van der Waals surface area contributed by atoms with Crippen molar-refractivity contribution in [1.29, 1.82) is 0 Å². The second kappa shape index (κ2) is 11.4. The lowest BCUT2D eigenvalue weighted by molar-refractivity contribution is -0.143. The highest BCUT2D eigenvalue weighted by Gasteiger charge is 2.33. The van der Waals surface area contributed by atoms with E-state index in [1.165, 1.54) is 0 Å². The predicted molar refractivity (Wildman–Crippen MR) is 113 cm³/mol. The fourth-order valence-corrected chi connectivity index (χ4v) is 3.64. The first-order valence-corrected chi connectivity index (χ1v) is 10.6. The number of rotatable bonds is 8. The van der Waals surface area contributed by atoms with Crippen molar-refractivity contribution in [3.8, 4) is 0 Å². The van der Waals surface area contributed by atoms with E-state index >= 15 is 0 Å². The van der Waals surface area contributed by atoms with E-state index in [1.807, 2.05) is 49.1 Å². The fraction of sp³-hybridized carbons (Fsp3) is 0.591. The zero-order chi connectivity index (χ0) is 21.2. The van der Waals surface area contributed by atoms with Gasteiger partial charge in [-0.3, -0.25) is 9.59 Å². The summed E-state index contributed by atoms with van der Waals surface area (Å²) in [7, 11) is 0. The third-order valence-electron chi connectivity index (χ3n) is 5.23. The van der Waals surface area contributed by atoms with Gasteiger partial charge in [0.2, 0.25) is 11.8 Å². The molecule has 1 aromatic rings. The lowest BCUT2D eigenvalue weighted by Gasteiger charge is -2.41. The SMILES string of the molecule is CCCCC(=O)N1CCN(C(=O)C(Cc2ccccc2)NC(=O)NCC)CC1C. The van der Waals surface area contributed by atoms with Crippen LogP contribution in [0.4, 0.5) is 4.79 Å². The van der Waals surface area contributed by atoms with Crippen molar-refractivity contribution in [3.63, 3.8) is 0 Å². The topological polar surface area (TPSA) is 81.8 Å². The molecule has 1 aliphatic rings. The number of piperazine rings is 1. The van der Waals surface area contributed by atoms with Crippen molar-refractivity contribution in [1.82, 2.24) is 20.4 Å². The van der Waals surface area contributed by atoms with Gasteiger partial charge in [-0.05, 0) is 25.8 Å². The maximum Gasteiger partial charge on any atom is 0.315 e. The largest absolute Gasteiger partial charge is 0.338 e. The van der Waals surface area contributed by atoms with Crippen LogP contribution in [0.1, 0.15) is 45.6 Å². The van der Waals surface area contributed by atoms with Crippen LogP contribution >= 0.6 is 0 Å². The smallest absolute Gasteiger partial charge is 0.315 e. The van der Waals surface area contributed by atoms with E-state index < -0.39 is 6.04 Å². The van der Waals surface area contributed by atoms with Crippen LogP contribution in [-0.4, -0.2) is 65.9 Å². The Kier molecular flexibility index (Phi) is 8.96. The standard InChI is InChI=1S/C22H34N4O3/c1-4-6-12-20(27)26-14-13-25(16-17(26)3)21(28)19(24-22(29)23-5-2)15-18-10-8-7-9-11-18/h7-11,17,19H,4-6,12-16H2,1-3H3,(H2,23,24,29). The van der Waals surface area contributed by atoms with Crippen LogP contribution in [0.2, 0.25) is 0 Å². The Bertz CT molecular complexity index is 680. The molecule has 2 unspecified atom stereocenters. The summed E-state index contributed by atoms with van der Waals surface area (Å²) >= 11 is 0. The molecular weight excluding hydrogens is 368 g/mol. The number of carbonyl (C=O) groups excluding carboxylic acids is 3. The molecule has 0 saturated carbocycles. The van der Waals surface area contributed by atoms with Gasteiger partial charge in [-0.25, -0.2) is 4.79 Å². The first-order chi connectivity index (χ1) is 14.0. The molecule has 1 saturated heterocycles. The minimum Gasteiger partial charge on any atom is -0.338 e. The van der Waals surface area contributed by atoms with E-state index in [2.05, 4.69) is 17.6 Å². The summed E-state index contributed by atoms with van der Waals surface area (Å²) in [6, 6.07) is 8.66. The van der Waals surface area contributed by atoms with Gasteiger partial charge in [0.15, 0.2) is 0 Å². The van der Waals surface area contributed by atoms with Crippen LogP contribution in [0.3, 0.4) is 0 Å². The van der Waals surface area contributed by atoms with Gasteiger partial charge in [0, 0.05) is 45.1 Å². The molecule has 0 aliphatic carbocycles. The highest BCUT2D eigenvalue weighted by atomic mass is 16.2. The van der Waals surface area contributed by atoms with E-state index in [0.29, 0.717) is 39.0 Å². The summed E-state index contributed by atoms with van der Waals surface area (Å²) < 4.78 is 0. The van der Waals surface area contributed by atoms with Gasteiger partial charge in [0.25, 0.3) is 0 Å². The number of urea groups is 1. The third-order valence-corrected chi connectivity index (χ3v) is 5.23. The Morgan fingerprint density at radius 2 is 1.86 bits per heavy atom. The molecule has 2 rings (SSSR count). The second-order valence-electron chi connectivity index (χ2n) is 7.57. The van der Waals surface area contributed by atoms with Crippen LogP contribution in [0.25, 0.3) is 0 Å². The van der Waals surface area contributed by atoms with Crippen LogP contribution in [0, 0.1) is 0 Å². The van der Waals surface area contributed by atoms with Gasteiger partial charge >= 0.3 is 6.03 Å². The molecule has 7 heteroatoms. The lowest BCUT2D eigenvalue weighted by Crippen LogP contribution is -2.60. The Balaban J connectivity index is 2.04. The number of carbonyl (C=O) groups is 3. The summed E-state index contributed by atoms with van der Waals surface area (Å²) in [5.41, 5.74) is 0.990. The number of hydrogen-bond donors (Lipinski definition) is 2. The number of nitrogens with one attached hydrogen (secondary N) is 2. The maximum absolute atomic E-state index is 13.2. The first-order valence-electron chi connectivity index (χ1n) is 10.6. The number of amides is 4. The van der Waals surface area contributed by atoms with E-state index in [9.17, 15) is 14.4 Å². The number of benzene rings is 1. The lowest BCUT2D eigenvalue weighted by atomic mass is 10.0. The van der Waals surface area contributed by atoms with Crippen LogP contribution in [0.5, 0.6) is 0 Å². The van der Waals surface area contributed by atoms with Crippen molar-refractivity contribution >= 4 is 17.8 Å². The highest BCUT2D eigenvalue weighted by molar-refractivity contribution is 5.87. The summed E-state index contributed by atoms with van der Waals surface area (Å²) in [6.07, 6.45) is 2.87. The van der Waals surface area contributed by atoms with Gasteiger partial charge < -0.3 is 20.4 Å². The number of hydrogen-bond acceptors (Lipinski definition) is 3. The van der Waals surface area contributed by atoms with Gasteiger partial charge in [-0.1, -0.05) is 43.7 Å². The molecule has 1 aliphatic heterocycles. The van der Waals surface area contributed by atoms with E-state index in [1.54, 1.807) is 4.90 Å². The van der Waals surface area contributed by atoms with Gasteiger partial charge in [0.05, 0.1) is 0 Å². The van der Waals surface area contributed by atoms with E-state index in [0.717, 1.165) is 18.4 Å². The van der Waals surface area contributed by atoms with Crippen LogP contribution in [-0.2, 0) is 16.0 Å². The summed E-state index contributed by atoms with van der Waals surface area (Å²) in [4.78, 5) is 41.4. The quantitative estimate of drug-likeness (QED) is 0.699. The van der Waals surface area contributed by atoms with Gasteiger partial charge in [-0.15, -0.1) is 0 Å². The number of nitrogens with zero attached hydrogens (tertiary/aromatic N) is 2. The Morgan fingerprint density at radius 3 is 2.48 bits per heavy atom. The third kappa shape index (κ3) is 6.76. The monoisotopic (exact) mass is 402 g/mol. The molecule has 1 fully saturated rings. The normalized spacial score (nSPS) is 17.6. The minimum absolute atomic E-state index is 0.0288. The van der Waals surface area contributed by atoms with Crippen molar-refractivity contribution < 1.29 is 14.4 Å². The van der Waals surface area contributed by atoms with Crippen LogP contribution < -0.4 is 10.6 Å². The fourth-order valence-electron chi connectivity index (χ4n) is 3.64. The molecule has 4 amide bonds. The molecule has 1 heterocycles. The summed E-state index contributed by atoms with van der Waals surface area (Å²) in [5, 5.41) is 5.51. The van der Waals surface area contributed by atoms with Crippen molar-refractivity contribution in [3.05, 3.63) is 35.9 Å². The average Bonchev–Trinajstić information content (AvgIpc) is 2.71. The Hall–Kier alpha value is -2.57. The average molecular weight is 403 g/mol. The summed E-state index contributed by atoms with van der Waals surface area (Å²) in [6.45, 7) is 7.89. The Labute approximate surface area is 173 Å². The molecular formula is C22H34N4O3. The molecule has 0 aromatic heterocycles. The molecule has 0 spiro atoms. The van der Waals surface area contributed by atoms with Crippen molar-refractivity contribution in [2.45, 2.75) is 58.5 Å². The molecule has 160 valence electrons. The van der Waals surface area contributed by atoms with Gasteiger partial charge in [-0.2, -0.15) is 0 Å². The van der Waals surface area contributed by atoms with E-state index in [4.69, 9.17) is 0 Å². The molecule has 0 bridgehead atoms. The molecule has 2 atom stereocenters. The summed E-state index contributed by atoms with van der Waals surface area (Å²) in [5.74, 6) is 0.0559. The van der Waals surface area contributed by atoms with Crippen LogP contribution in [0.15, 0.2) is 30.3 Å². The van der Waals surface area contributed by atoms with E-state index in [-0.39, 0.29) is 23.9 Å². The molecule has 0 radical (unpaired) electrons. The Morgan fingerprint density at radius 1 is 1.14 bits per heavy atom. The molecule has 7 nitrogen and oxygen atoms in total. The van der Waals surface area contributed by atoms with Crippen molar-refractivity contribution in [2.75, 3.05) is 26.2 Å². The van der Waals surface area contributed by atoms with Crippen molar-refractivity contribution in [2.24, 2.45) is 0 Å². The molecule has 1 aromatic carbocycles. The predicted octanol–water partition coefficient (Wildman–Crippen LogP) is 2.17. The maximum atomic E-state index is 13.2. The zero-order valence-electron chi connectivity index (χ0n) is 17.8. The zero-order valence-corrected chi connectivity index (χ0v) is 17.8. The second-order valence-corrected chi connectivity index (χ2v) is 7.57.